The van der Waals surface area contributed by atoms with Gasteiger partial charge in [0.05, 0.1) is 0 Å². The summed E-state index contributed by atoms with van der Waals surface area (Å²) < 4.78 is 0. The lowest BCUT2D eigenvalue weighted by atomic mass is 10.0. The molecule has 1 aliphatic rings. The summed E-state index contributed by atoms with van der Waals surface area (Å²) in [5, 5.41) is 12.5. The molecule has 1 rings (SSSR count). The molecule has 0 aliphatic heterocycles. The Hall–Kier alpha value is -0.0800. The second-order valence-corrected chi connectivity index (χ2v) is 5.36. The van der Waals surface area contributed by atoms with Gasteiger partial charge in [0.25, 0.3) is 0 Å². The van der Waals surface area contributed by atoms with Gasteiger partial charge in [0, 0.05) is 12.1 Å². The summed E-state index contributed by atoms with van der Waals surface area (Å²) in [4.78, 5) is 0. The molecule has 0 spiro atoms. The fourth-order valence-corrected chi connectivity index (χ4v) is 1.98. The zero-order valence-electron chi connectivity index (χ0n) is 11.1. The van der Waals surface area contributed by atoms with Crippen molar-refractivity contribution in [2.75, 3.05) is 13.2 Å². The Morgan fingerprint density at radius 1 is 1.13 bits per heavy atom. The normalized spacial score (nSPS) is 26.0. The molecule has 0 heterocycles. The van der Waals surface area contributed by atoms with Gasteiger partial charge in [-0.25, -0.2) is 0 Å². The molecule has 0 aromatic rings. The maximum absolute atomic E-state index is 8.99. The third-order valence-corrected chi connectivity index (χ3v) is 2.83. The fourth-order valence-electron chi connectivity index (χ4n) is 1.98. The van der Waals surface area contributed by atoms with Crippen molar-refractivity contribution in [3.8, 4) is 0 Å². The first-order valence-electron chi connectivity index (χ1n) is 6.37. The highest BCUT2D eigenvalue weighted by atomic mass is 16.3. The summed E-state index contributed by atoms with van der Waals surface area (Å²) in [6, 6.07) is 0. The number of aliphatic hydroxyl groups excluding tert-OH is 1. The van der Waals surface area contributed by atoms with Gasteiger partial charge < -0.3 is 10.4 Å². The van der Waals surface area contributed by atoms with Crippen LogP contribution in [0.3, 0.4) is 0 Å². The number of hydrogen-bond donors (Lipinski definition) is 2. The predicted octanol–water partition coefficient (Wildman–Crippen LogP) is 2.81. The average molecular weight is 215 g/mol. The lowest BCUT2D eigenvalue weighted by molar-refractivity contribution is 0.225. The maximum atomic E-state index is 8.99. The highest BCUT2D eigenvalue weighted by Crippen LogP contribution is 2.30. The monoisotopic (exact) mass is 215 g/mol. The molecule has 2 heteroatoms. The number of aliphatic hydroxyl groups is 1. The van der Waals surface area contributed by atoms with Gasteiger partial charge in [-0.15, -0.1) is 0 Å². The summed E-state index contributed by atoms with van der Waals surface area (Å²) in [5.41, 5.74) is 0.233. The van der Waals surface area contributed by atoms with Crippen LogP contribution in [0.5, 0.6) is 0 Å². The first-order chi connectivity index (χ1) is 7.01. The van der Waals surface area contributed by atoms with Crippen LogP contribution in [0.25, 0.3) is 0 Å². The van der Waals surface area contributed by atoms with Crippen molar-refractivity contribution in [1.29, 1.82) is 0 Å². The summed E-state index contributed by atoms with van der Waals surface area (Å²) in [6.07, 6.45) is 3.71. The van der Waals surface area contributed by atoms with Crippen LogP contribution in [0.2, 0.25) is 0 Å². The van der Waals surface area contributed by atoms with Gasteiger partial charge in [0.2, 0.25) is 0 Å². The molecule has 1 fully saturated rings. The predicted molar refractivity (Wildman–Crippen MR) is 67.0 cm³/mol. The van der Waals surface area contributed by atoms with E-state index in [1.54, 1.807) is 0 Å². The molecule has 15 heavy (non-hydrogen) atoms. The number of nitrogens with one attached hydrogen (secondary N) is 1. The van der Waals surface area contributed by atoms with Crippen LogP contribution in [-0.4, -0.2) is 23.8 Å². The third kappa shape index (κ3) is 6.91. The quantitative estimate of drug-likeness (QED) is 0.759. The Morgan fingerprint density at radius 2 is 1.67 bits per heavy atom. The number of rotatable bonds is 3. The summed E-state index contributed by atoms with van der Waals surface area (Å²) in [6.45, 7) is 12.1. The van der Waals surface area contributed by atoms with E-state index in [9.17, 15) is 0 Å². The molecule has 2 nitrogen and oxygen atoms in total. The van der Waals surface area contributed by atoms with Crippen molar-refractivity contribution in [2.24, 2.45) is 11.8 Å². The van der Waals surface area contributed by atoms with Gasteiger partial charge >= 0.3 is 0 Å². The third-order valence-electron chi connectivity index (χ3n) is 2.83. The molecule has 0 saturated heterocycles. The minimum Gasteiger partial charge on any atom is -0.396 e. The fraction of sp³-hybridized carbons (Fsp3) is 1.00. The molecule has 92 valence electrons. The van der Waals surface area contributed by atoms with Crippen LogP contribution in [0, 0.1) is 11.8 Å². The first kappa shape index (κ1) is 14.9. The summed E-state index contributed by atoms with van der Waals surface area (Å²) >= 11 is 0. The van der Waals surface area contributed by atoms with Gasteiger partial charge in [0.1, 0.15) is 0 Å². The van der Waals surface area contributed by atoms with Gasteiger partial charge in [0.15, 0.2) is 0 Å². The van der Waals surface area contributed by atoms with Crippen LogP contribution in [0.1, 0.15) is 53.9 Å². The van der Waals surface area contributed by atoms with E-state index < -0.39 is 0 Å². The van der Waals surface area contributed by atoms with Gasteiger partial charge in [-0.05, 0) is 58.4 Å². The highest BCUT2D eigenvalue weighted by molar-refractivity contribution is 4.79. The topological polar surface area (TPSA) is 32.3 Å². The highest BCUT2D eigenvalue weighted by Gasteiger charge is 2.24. The van der Waals surface area contributed by atoms with E-state index in [4.69, 9.17) is 5.11 Å². The molecule has 2 atom stereocenters. The second kappa shape index (κ2) is 7.24. The van der Waals surface area contributed by atoms with Crippen LogP contribution in [-0.2, 0) is 0 Å². The van der Waals surface area contributed by atoms with E-state index in [1.165, 1.54) is 19.3 Å². The lowest BCUT2D eigenvalue weighted by Gasteiger charge is -2.23. The Kier molecular flexibility index (Phi) is 7.20. The van der Waals surface area contributed by atoms with Crippen LogP contribution in [0.4, 0.5) is 0 Å². The Morgan fingerprint density at radius 3 is 2.07 bits per heavy atom. The summed E-state index contributed by atoms with van der Waals surface area (Å²) in [5.74, 6) is 1.36. The lowest BCUT2D eigenvalue weighted by Crippen LogP contribution is -2.38. The summed E-state index contributed by atoms with van der Waals surface area (Å²) in [7, 11) is 0. The first-order valence-corrected chi connectivity index (χ1v) is 6.37. The SMILES string of the molecule is CC.CC(C)(C)NCC1CCC(CO)C1. The average Bonchev–Trinajstić information content (AvgIpc) is 2.64. The molecule has 0 radical (unpaired) electrons. The zero-order chi connectivity index (χ0) is 11.9. The van der Waals surface area contributed by atoms with Crippen LogP contribution in [0.15, 0.2) is 0 Å². The van der Waals surface area contributed by atoms with E-state index in [1.807, 2.05) is 13.8 Å². The van der Waals surface area contributed by atoms with Crippen LogP contribution < -0.4 is 5.32 Å². The Bertz CT molecular complexity index is 151. The van der Waals surface area contributed by atoms with E-state index in [2.05, 4.69) is 26.1 Å². The molecular weight excluding hydrogens is 186 g/mol. The van der Waals surface area contributed by atoms with Gasteiger partial charge in [-0.2, -0.15) is 0 Å². The zero-order valence-corrected chi connectivity index (χ0v) is 11.1. The minimum atomic E-state index is 0.233. The second-order valence-electron chi connectivity index (χ2n) is 5.36. The molecular formula is C13H29NO. The molecule has 0 aromatic heterocycles. The molecule has 0 bridgehead atoms. The van der Waals surface area contributed by atoms with Crippen molar-refractivity contribution in [3.05, 3.63) is 0 Å². The van der Waals surface area contributed by atoms with Crippen molar-refractivity contribution in [1.82, 2.24) is 5.32 Å². The Labute approximate surface area is 95.5 Å². The van der Waals surface area contributed by atoms with Crippen LogP contribution >= 0.6 is 0 Å². The van der Waals surface area contributed by atoms with Gasteiger partial charge in [-0.3, -0.25) is 0 Å². The van der Waals surface area contributed by atoms with Crippen molar-refractivity contribution >= 4 is 0 Å². The maximum Gasteiger partial charge on any atom is 0.0459 e. The van der Waals surface area contributed by atoms with E-state index in [0.29, 0.717) is 12.5 Å². The number of hydrogen-bond acceptors (Lipinski definition) is 2. The Balaban J connectivity index is 0.000000921. The van der Waals surface area contributed by atoms with E-state index >= 15 is 0 Å². The van der Waals surface area contributed by atoms with E-state index in [-0.39, 0.29) is 5.54 Å². The molecule has 1 saturated carbocycles. The molecule has 0 aromatic carbocycles. The van der Waals surface area contributed by atoms with Crippen molar-refractivity contribution in [3.63, 3.8) is 0 Å². The smallest absolute Gasteiger partial charge is 0.0459 e. The van der Waals surface area contributed by atoms with Gasteiger partial charge in [-0.1, -0.05) is 13.8 Å². The minimum absolute atomic E-state index is 0.233. The molecule has 0 amide bonds. The van der Waals surface area contributed by atoms with Crippen molar-refractivity contribution in [2.45, 2.75) is 59.4 Å². The standard InChI is InChI=1S/C11H23NO.C2H6/c1-11(2,3)12-7-9-4-5-10(6-9)8-13;1-2/h9-10,12-13H,4-8H2,1-3H3;1-2H3. The molecule has 2 unspecified atom stereocenters. The molecule has 1 aliphatic carbocycles. The largest absolute Gasteiger partial charge is 0.396 e. The molecule has 2 N–H and O–H groups in total. The van der Waals surface area contributed by atoms with E-state index in [0.717, 1.165) is 12.5 Å². The van der Waals surface area contributed by atoms with Crippen molar-refractivity contribution < 1.29 is 5.11 Å².